The summed E-state index contributed by atoms with van der Waals surface area (Å²) in [6.45, 7) is 2.48. The minimum absolute atomic E-state index is 0.0804. The number of hydrogen-bond donors (Lipinski definition) is 2. The van der Waals surface area contributed by atoms with Gasteiger partial charge in [-0.2, -0.15) is 0 Å². The van der Waals surface area contributed by atoms with Crippen LogP contribution < -0.4 is 10.6 Å². The summed E-state index contributed by atoms with van der Waals surface area (Å²) in [6.07, 6.45) is 1.25. The van der Waals surface area contributed by atoms with Crippen molar-refractivity contribution < 1.29 is 14.0 Å². The molecule has 2 amide bonds. The first-order valence-corrected chi connectivity index (χ1v) is 8.74. The molecule has 1 atom stereocenters. The Kier molecular flexibility index (Phi) is 6.93. The van der Waals surface area contributed by atoms with Crippen molar-refractivity contribution in [2.75, 3.05) is 13.1 Å². The third kappa shape index (κ3) is 5.77. The third-order valence-corrected chi connectivity index (χ3v) is 4.50. The van der Waals surface area contributed by atoms with Gasteiger partial charge in [0.05, 0.1) is 5.92 Å². The van der Waals surface area contributed by atoms with Gasteiger partial charge in [-0.05, 0) is 42.0 Å². The Labute approximate surface area is 145 Å². The van der Waals surface area contributed by atoms with Crippen molar-refractivity contribution in [3.05, 3.63) is 58.0 Å². The fraction of sp³-hybridized carbons (Fsp3) is 0.333. The van der Waals surface area contributed by atoms with Crippen LogP contribution >= 0.6 is 11.3 Å². The zero-order chi connectivity index (χ0) is 17.4. The van der Waals surface area contributed by atoms with Gasteiger partial charge in [-0.3, -0.25) is 9.59 Å². The quantitative estimate of drug-likeness (QED) is 0.721. The van der Waals surface area contributed by atoms with Crippen LogP contribution in [0.4, 0.5) is 4.39 Å². The highest BCUT2D eigenvalue weighted by atomic mass is 32.1. The molecule has 0 saturated carbocycles. The van der Waals surface area contributed by atoms with Gasteiger partial charge in [0.25, 0.3) is 0 Å². The van der Waals surface area contributed by atoms with Crippen LogP contribution in [0.3, 0.4) is 0 Å². The Morgan fingerprint density at radius 1 is 1.12 bits per heavy atom. The van der Waals surface area contributed by atoms with Crippen molar-refractivity contribution in [3.8, 4) is 0 Å². The second kappa shape index (κ2) is 9.17. The molecule has 2 N–H and O–H groups in total. The van der Waals surface area contributed by atoms with Crippen molar-refractivity contribution >= 4 is 23.2 Å². The Morgan fingerprint density at radius 3 is 2.46 bits per heavy atom. The molecule has 1 heterocycles. The fourth-order valence-electron chi connectivity index (χ4n) is 2.37. The molecule has 0 aliphatic carbocycles. The van der Waals surface area contributed by atoms with Crippen molar-refractivity contribution in [1.82, 2.24) is 10.6 Å². The molecule has 24 heavy (non-hydrogen) atoms. The number of nitrogens with one attached hydrogen (secondary N) is 2. The molecule has 4 nitrogen and oxygen atoms in total. The minimum Gasteiger partial charge on any atom is -0.356 e. The number of carbonyl (C=O) groups excluding carboxylic acids is 2. The predicted octanol–water partition coefficient (Wildman–Crippen LogP) is 2.86. The topological polar surface area (TPSA) is 58.2 Å². The zero-order valence-electron chi connectivity index (χ0n) is 13.5. The summed E-state index contributed by atoms with van der Waals surface area (Å²) >= 11 is 1.60. The average molecular weight is 348 g/mol. The molecule has 128 valence electrons. The van der Waals surface area contributed by atoms with E-state index in [0.717, 1.165) is 10.4 Å². The lowest BCUT2D eigenvalue weighted by atomic mass is 9.94. The molecule has 0 fully saturated rings. The maximum atomic E-state index is 13.1. The number of hydrogen-bond acceptors (Lipinski definition) is 3. The van der Waals surface area contributed by atoms with Gasteiger partial charge in [-0.1, -0.05) is 18.2 Å². The van der Waals surface area contributed by atoms with Gasteiger partial charge in [-0.15, -0.1) is 11.3 Å². The number of halogens is 1. The van der Waals surface area contributed by atoms with Gasteiger partial charge in [0, 0.05) is 24.9 Å². The molecule has 1 aromatic carbocycles. The number of benzene rings is 1. The van der Waals surface area contributed by atoms with Gasteiger partial charge >= 0.3 is 0 Å². The highest BCUT2D eigenvalue weighted by Crippen LogP contribution is 2.24. The van der Waals surface area contributed by atoms with E-state index in [9.17, 15) is 14.0 Å². The molecule has 2 aromatic rings. The second-order valence-electron chi connectivity index (χ2n) is 5.52. The summed E-state index contributed by atoms with van der Waals surface area (Å²) in [4.78, 5) is 24.5. The van der Waals surface area contributed by atoms with Crippen molar-refractivity contribution in [2.24, 2.45) is 0 Å². The maximum absolute atomic E-state index is 13.1. The van der Waals surface area contributed by atoms with Crippen molar-refractivity contribution in [2.45, 2.75) is 25.7 Å². The van der Waals surface area contributed by atoms with Crippen LogP contribution in [-0.4, -0.2) is 24.9 Å². The average Bonchev–Trinajstić information content (AvgIpc) is 3.06. The Morgan fingerprint density at radius 2 is 1.83 bits per heavy atom. The molecule has 0 radical (unpaired) electrons. The Balaban J connectivity index is 1.97. The SMILES string of the molecule is CC(=O)NCCCNC(=O)C(Cc1cccs1)c1ccc(F)cc1. The standard InChI is InChI=1S/C18H21FN2O2S/c1-13(22)20-9-3-10-21-18(23)17(12-16-4-2-11-24-16)14-5-7-15(19)8-6-14/h2,4-8,11,17H,3,9-10,12H2,1H3,(H,20,22)(H,21,23). The summed E-state index contributed by atoms with van der Waals surface area (Å²) < 4.78 is 13.1. The summed E-state index contributed by atoms with van der Waals surface area (Å²) in [5.74, 6) is -0.838. The summed E-state index contributed by atoms with van der Waals surface area (Å²) in [5.41, 5.74) is 0.796. The van der Waals surface area contributed by atoms with E-state index in [1.165, 1.54) is 19.1 Å². The molecule has 6 heteroatoms. The lowest BCUT2D eigenvalue weighted by molar-refractivity contribution is -0.122. The largest absolute Gasteiger partial charge is 0.356 e. The molecular weight excluding hydrogens is 327 g/mol. The number of thiophene rings is 1. The molecule has 0 aliphatic rings. The highest BCUT2D eigenvalue weighted by Gasteiger charge is 2.21. The highest BCUT2D eigenvalue weighted by molar-refractivity contribution is 7.09. The van der Waals surface area contributed by atoms with Gasteiger partial charge in [0.2, 0.25) is 11.8 Å². The lowest BCUT2D eigenvalue weighted by Gasteiger charge is -2.17. The van der Waals surface area contributed by atoms with E-state index in [1.807, 2.05) is 17.5 Å². The van der Waals surface area contributed by atoms with Crippen molar-refractivity contribution in [3.63, 3.8) is 0 Å². The first-order chi connectivity index (χ1) is 11.6. The van der Waals surface area contributed by atoms with Gasteiger partial charge in [-0.25, -0.2) is 4.39 Å². The van der Waals surface area contributed by atoms with Crippen molar-refractivity contribution in [1.29, 1.82) is 0 Å². The first kappa shape index (κ1) is 18.1. The molecule has 1 aromatic heterocycles. The van der Waals surface area contributed by atoms with Crippen LogP contribution in [-0.2, 0) is 16.0 Å². The molecule has 2 rings (SSSR count). The maximum Gasteiger partial charge on any atom is 0.227 e. The molecule has 0 spiro atoms. The Hall–Kier alpha value is -2.21. The Bertz CT molecular complexity index is 656. The van der Waals surface area contributed by atoms with Gasteiger partial charge < -0.3 is 10.6 Å². The number of rotatable bonds is 8. The van der Waals surface area contributed by atoms with E-state index < -0.39 is 0 Å². The molecule has 0 saturated heterocycles. The minimum atomic E-state index is -0.356. The fourth-order valence-corrected chi connectivity index (χ4v) is 3.13. The summed E-state index contributed by atoms with van der Waals surface area (Å²) in [7, 11) is 0. The normalized spacial score (nSPS) is 11.8. The van der Waals surface area contributed by atoms with Crippen LogP contribution in [0.1, 0.15) is 29.7 Å². The molecule has 0 bridgehead atoms. The van der Waals surface area contributed by atoms with E-state index in [-0.39, 0.29) is 23.5 Å². The van der Waals surface area contributed by atoms with E-state index in [1.54, 1.807) is 23.5 Å². The number of amides is 2. The van der Waals surface area contributed by atoms with Crippen LogP contribution in [0.5, 0.6) is 0 Å². The third-order valence-electron chi connectivity index (χ3n) is 3.60. The van der Waals surface area contributed by atoms with E-state index in [4.69, 9.17) is 0 Å². The summed E-state index contributed by atoms with van der Waals surface area (Å²) in [6, 6.07) is 10.0. The van der Waals surface area contributed by atoms with E-state index >= 15 is 0 Å². The van der Waals surface area contributed by atoms with Crippen LogP contribution in [0.2, 0.25) is 0 Å². The van der Waals surface area contributed by atoms with Gasteiger partial charge in [0.1, 0.15) is 5.82 Å². The van der Waals surface area contributed by atoms with Gasteiger partial charge in [0.15, 0.2) is 0 Å². The van der Waals surface area contributed by atoms with E-state index in [2.05, 4.69) is 10.6 Å². The molecule has 1 unspecified atom stereocenters. The second-order valence-corrected chi connectivity index (χ2v) is 6.55. The lowest BCUT2D eigenvalue weighted by Crippen LogP contribution is -2.33. The summed E-state index contributed by atoms with van der Waals surface area (Å²) in [5, 5.41) is 7.57. The molecular formula is C18H21FN2O2S. The van der Waals surface area contributed by atoms with Crippen LogP contribution in [0.25, 0.3) is 0 Å². The van der Waals surface area contributed by atoms with Crippen LogP contribution in [0.15, 0.2) is 41.8 Å². The smallest absolute Gasteiger partial charge is 0.227 e. The monoisotopic (exact) mass is 348 g/mol. The number of carbonyl (C=O) groups is 2. The van der Waals surface area contributed by atoms with E-state index in [0.29, 0.717) is 25.9 Å². The predicted molar refractivity (Wildman–Crippen MR) is 93.5 cm³/mol. The first-order valence-electron chi connectivity index (χ1n) is 7.86. The zero-order valence-corrected chi connectivity index (χ0v) is 14.4. The molecule has 0 aliphatic heterocycles. The van der Waals surface area contributed by atoms with Crippen LogP contribution in [0, 0.1) is 5.82 Å².